The maximum absolute atomic E-state index is 14.0. The van der Waals surface area contributed by atoms with Gasteiger partial charge in [0.1, 0.15) is 11.4 Å². The highest BCUT2D eigenvalue weighted by Gasteiger charge is 2.29. The van der Waals surface area contributed by atoms with Crippen LogP contribution in [0.4, 0.5) is 14.9 Å². The van der Waals surface area contributed by atoms with Gasteiger partial charge in [0.15, 0.2) is 0 Å². The third kappa shape index (κ3) is 5.15. The molecule has 0 bridgehead atoms. The fourth-order valence-electron chi connectivity index (χ4n) is 3.33. The molecule has 1 fully saturated rings. The maximum Gasteiger partial charge on any atom is 0.407 e. The van der Waals surface area contributed by atoms with Crippen molar-refractivity contribution < 1.29 is 13.9 Å². The first kappa shape index (κ1) is 20.9. The Labute approximate surface area is 174 Å². The van der Waals surface area contributed by atoms with Gasteiger partial charge in [-0.1, -0.05) is 11.6 Å². The Morgan fingerprint density at radius 2 is 2.14 bits per heavy atom. The van der Waals surface area contributed by atoms with Crippen LogP contribution in [0.15, 0.2) is 30.6 Å². The second-order valence-corrected chi connectivity index (χ2v) is 8.34. The van der Waals surface area contributed by atoms with E-state index in [0.717, 1.165) is 0 Å². The Morgan fingerprint density at radius 1 is 1.38 bits per heavy atom. The number of pyridine rings is 1. The standard InChI is InChI=1S/C21H22ClFN4O2/c1-21(2,3)29-20(28)26-16-4-5-27(12-16)19-17(10-25-11-18(19)22)14-6-13(9-24)7-15(23)8-14/h6-8,10-11,16H,4-5,12H2,1-3H3,(H,26,28)/t16-/m0/s1. The van der Waals surface area contributed by atoms with E-state index in [2.05, 4.69) is 10.3 Å². The zero-order valence-electron chi connectivity index (χ0n) is 16.5. The predicted octanol–water partition coefficient (Wildman–Crippen LogP) is 4.52. The molecule has 0 saturated carbocycles. The molecule has 1 atom stereocenters. The minimum absolute atomic E-state index is 0.107. The number of carbonyl (C=O) groups is 1. The van der Waals surface area contributed by atoms with E-state index >= 15 is 0 Å². The van der Waals surface area contributed by atoms with Crippen molar-refractivity contribution in [1.29, 1.82) is 5.26 Å². The van der Waals surface area contributed by atoms with Crippen molar-refractivity contribution in [3.05, 3.63) is 47.0 Å². The minimum Gasteiger partial charge on any atom is -0.444 e. The van der Waals surface area contributed by atoms with Crippen LogP contribution in [-0.4, -0.2) is 35.8 Å². The van der Waals surface area contributed by atoms with E-state index in [-0.39, 0.29) is 11.6 Å². The van der Waals surface area contributed by atoms with E-state index in [9.17, 15) is 9.18 Å². The molecule has 1 aromatic carbocycles. The Balaban J connectivity index is 1.85. The molecular formula is C21H22ClFN4O2. The first-order chi connectivity index (χ1) is 13.7. The van der Waals surface area contributed by atoms with Crippen LogP contribution < -0.4 is 10.2 Å². The summed E-state index contributed by atoms with van der Waals surface area (Å²) in [5.41, 5.74) is 1.50. The topological polar surface area (TPSA) is 78.2 Å². The molecule has 8 heteroatoms. The quantitative estimate of drug-likeness (QED) is 0.796. The Morgan fingerprint density at radius 3 is 2.83 bits per heavy atom. The average molecular weight is 417 g/mol. The zero-order chi connectivity index (χ0) is 21.2. The van der Waals surface area contributed by atoms with Gasteiger partial charge in [-0.2, -0.15) is 5.26 Å². The molecule has 1 amide bonds. The third-order valence-corrected chi connectivity index (χ3v) is 4.71. The van der Waals surface area contributed by atoms with Crippen LogP contribution in [0.2, 0.25) is 5.02 Å². The van der Waals surface area contributed by atoms with Crippen LogP contribution in [0.5, 0.6) is 0 Å². The summed E-state index contributed by atoms with van der Waals surface area (Å²) in [6, 6.07) is 5.99. The molecule has 1 aliphatic rings. The summed E-state index contributed by atoms with van der Waals surface area (Å²) in [6.45, 7) is 6.61. The molecule has 0 radical (unpaired) electrons. The molecular weight excluding hydrogens is 395 g/mol. The Hall–Kier alpha value is -2.85. The van der Waals surface area contributed by atoms with E-state index in [1.54, 1.807) is 12.3 Å². The van der Waals surface area contributed by atoms with Gasteiger partial charge in [-0.15, -0.1) is 0 Å². The van der Waals surface area contributed by atoms with Gasteiger partial charge in [-0.25, -0.2) is 9.18 Å². The molecule has 0 aliphatic carbocycles. The fourth-order valence-corrected chi connectivity index (χ4v) is 3.60. The van der Waals surface area contributed by atoms with E-state index in [1.807, 2.05) is 31.7 Å². The SMILES string of the molecule is CC(C)(C)OC(=O)N[C@H]1CCN(c2c(Cl)cncc2-c2cc(F)cc(C#N)c2)C1. The maximum atomic E-state index is 14.0. The first-order valence-corrected chi connectivity index (χ1v) is 9.63. The molecule has 152 valence electrons. The fraction of sp³-hybridized carbons (Fsp3) is 0.381. The average Bonchev–Trinajstić information content (AvgIpc) is 3.07. The van der Waals surface area contributed by atoms with E-state index in [4.69, 9.17) is 21.6 Å². The van der Waals surface area contributed by atoms with Crippen molar-refractivity contribution >= 4 is 23.4 Å². The van der Waals surface area contributed by atoms with Crippen molar-refractivity contribution in [1.82, 2.24) is 10.3 Å². The van der Waals surface area contributed by atoms with E-state index in [0.29, 0.717) is 41.3 Å². The van der Waals surface area contributed by atoms with Crippen LogP contribution in [0.1, 0.15) is 32.8 Å². The van der Waals surface area contributed by atoms with Crippen molar-refractivity contribution in [3.63, 3.8) is 0 Å². The Kier molecular flexibility index (Phi) is 5.94. The lowest BCUT2D eigenvalue weighted by atomic mass is 10.0. The highest BCUT2D eigenvalue weighted by Crippen LogP contribution is 2.38. The number of hydrogen-bond donors (Lipinski definition) is 1. The number of nitriles is 1. The zero-order valence-corrected chi connectivity index (χ0v) is 17.3. The number of benzene rings is 1. The molecule has 29 heavy (non-hydrogen) atoms. The summed E-state index contributed by atoms with van der Waals surface area (Å²) in [4.78, 5) is 18.2. The van der Waals surface area contributed by atoms with E-state index in [1.165, 1.54) is 18.3 Å². The summed E-state index contributed by atoms with van der Waals surface area (Å²) in [7, 11) is 0. The molecule has 1 aliphatic heterocycles. The summed E-state index contributed by atoms with van der Waals surface area (Å²) in [5, 5.41) is 12.4. The van der Waals surface area contributed by atoms with Crippen molar-refractivity contribution in [2.75, 3.05) is 18.0 Å². The normalized spacial score (nSPS) is 16.4. The van der Waals surface area contributed by atoms with Gasteiger partial charge in [-0.3, -0.25) is 4.98 Å². The van der Waals surface area contributed by atoms with Gasteiger partial charge in [0.05, 0.1) is 28.4 Å². The molecule has 6 nitrogen and oxygen atoms in total. The molecule has 3 rings (SSSR count). The van der Waals surface area contributed by atoms with Crippen molar-refractivity contribution in [2.45, 2.75) is 38.8 Å². The smallest absolute Gasteiger partial charge is 0.407 e. The van der Waals surface area contributed by atoms with Gasteiger partial charge >= 0.3 is 6.09 Å². The second kappa shape index (κ2) is 8.26. The van der Waals surface area contributed by atoms with Crippen molar-refractivity contribution in [2.24, 2.45) is 0 Å². The highest BCUT2D eigenvalue weighted by molar-refractivity contribution is 6.33. The van der Waals surface area contributed by atoms with Crippen molar-refractivity contribution in [3.8, 4) is 17.2 Å². The van der Waals surface area contributed by atoms with E-state index < -0.39 is 17.5 Å². The molecule has 0 unspecified atom stereocenters. The summed E-state index contributed by atoms with van der Waals surface area (Å²) in [5.74, 6) is -0.504. The lowest BCUT2D eigenvalue weighted by Gasteiger charge is -2.24. The highest BCUT2D eigenvalue weighted by atomic mass is 35.5. The number of nitrogens with zero attached hydrogens (tertiary/aromatic N) is 3. The molecule has 1 aromatic heterocycles. The molecule has 2 aromatic rings. The molecule has 1 N–H and O–H groups in total. The largest absolute Gasteiger partial charge is 0.444 e. The number of amides is 1. The number of rotatable bonds is 3. The summed E-state index contributed by atoms with van der Waals surface area (Å²) >= 11 is 6.44. The Bertz CT molecular complexity index is 968. The lowest BCUT2D eigenvalue weighted by Crippen LogP contribution is -2.40. The first-order valence-electron chi connectivity index (χ1n) is 9.25. The second-order valence-electron chi connectivity index (χ2n) is 7.94. The number of anilines is 1. The van der Waals surface area contributed by atoms with Gasteiger partial charge in [-0.05, 0) is 51.0 Å². The number of ether oxygens (including phenoxy) is 1. The summed E-state index contributed by atoms with van der Waals surface area (Å²) in [6.07, 6.45) is 3.38. The van der Waals surface area contributed by atoms with Gasteiger partial charge in [0.25, 0.3) is 0 Å². The summed E-state index contributed by atoms with van der Waals surface area (Å²) < 4.78 is 19.3. The van der Waals surface area contributed by atoms with Crippen LogP contribution in [-0.2, 0) is 4.74 Å². The predicted molar refractivity (Wildman–Crippen MR) is 109 cm³/mol. The molecule has 0 spiro atoms. The minimum atomic E-state index is -0.570. The van der Waals surface area contributed by atoms with Crippen LogP contribution in [0, 0.1) is 17.1 Å². The number of hydrogen-bond acceptors (Lipinski definition) is 5. The number of nitrogens with one attached hydrogen (secondary N) is 1. The van der Waals surface area contributed by atoms with Crippen LogP contribution in [0.3, 0.4) is 0 Å². The third-order valence-electron chi connectivity index (χ3n) is 4.44. The molecule has 2 heterocycles. The van der Waals surface area contributed by atoms with Gasteiger partial charge in [0, 0.05) is 31.0 Å². The van der Waals surface area contributed by atoms with Crippen LogP contribution in [0.25, 0.3) is 11.1 Å². The number of carbonyl (C=O) groups excluding carboxylic acids is 1. The number of halogens is 2. The lowest BCUT2D eigenvalue weighted by molar-refractivity contribution is 0.0509. The van der Waals surface area contributed by atoms with Gasteiger partial charge in [0.2, 0.25) is 0 Å². The molecule has 1 saturated heterocycles. The number of alkyl carbamates (subject to hydrolysis) is 1. The number of aromatic nitrogens is 1. The van der Waals surface area contributed by atoms with Crippen LogP contribution >= 0.6 is 11.6 Å². The van der Waals surface area contributed by atoms with Gasteiger partial charge < -0.3 is 15.0 Å². The monoisotopic (exact) mass is 416 g/mol.